The number of anilines is 1. The molecule has 3 nitrogen and oxygen atoms in total. The van der Waals surface area contributed by atoms with E-state index < -0.39 is 12.0 Å². The van der Waals surface area contributed by atoms with E-state index in [1.54, 1.807) is 0 Å². The number of hydrogen-bond acceptors (Lipinski definition) is 3. The van der Waals surface area contributed by atoms with Crippen molar-refractivity contribution in [2.75, 3.05) is 5.32 Å². The first-order valence-electron chi connectivity index (χ1n) is 5.79. The standard InChI is InChI=1S/C13H11ClF3N3/c1-8(9-5-3-2-4-6-9)18-11-7-10(14)19-12(20-11)13(15,16)17/h2-8H,1H3,(H,18,19,20). The van der Waals surface area contributed by atoms with Crippen LogP contribution in [-0.2, 0) is 6.18 Å². The van der Waals surface area contributed by atoms with Gasteiger partial charge in [-0.2, -0.15) is 13.2 Å². The van der Waals surface area contributed by atoms with Gasteiger partial charge in [-0.3, -0.25) is 0 Å². The number of nitrogens with one attached hydrogen (secondary N) is 1. The molecule has 1 N–H and O–H groups in total. The molecule has 0 aliphatic rings. The molecule has 1 atom stereocenters. The summed E-state index contributed by atoms with van der Waals surface area (Å²) >= 11 is 5.59. The molecule has 0 bridgehead atoms. The van der Waals surface area contributed by atoms with Crippen LogP contribution in [0.2, 0.25) is 5.15 Å². The van der Waals surface area contributed by atoms with E-state index in [0.29, 0.717) is 0 Å². The van der Waals surface area contributed by atoms with E-state index in [2.05, 4.69) is 15.3 Å². The molecule has 0 aliphatic heterocycles. The second kappa shape index (κ2) is 5.66. The number of rotatable bonds is 3. The van der Waals surface area contributed by atoms with Crippen LogP contribution in [0.25, 0.3) is 0 Å². The summed E-state index contributed by atoms with van der Waals surface area (Å²) in [6.45, 7) is 1.82. The zero-order valence-electron chi connectivity index (χ0n) is 10.4. The predicted octanol–water partition coefficient (Wildman–Crippen LogP) is 4.32. The van der Waals surface area contributed by atoms with Crippen LogP contribution in [0.5, 0.6) is 0 Å². The maximum Gasteiger partial charge on any atom is 0.451 e. The minimum atomic E-state index is -4.63. The Bertz CT molecular complexity index is 587. The van der Waals surface area contributed by atoms with Crippen molar-refractivity contribution < 1.29 is 13.2 Å². The molecule has 2 aromatic rings. The second-order valence-corrected chi connectivity index (χ2v) is 4.56. The Kier molecular flexibility index (Phi) is 4.13. The van der Waals surface area contributed by atoms with Crippen LogP contribution in [0.15, 0.2) is 36.4 Å². The van der Waals surface area contributed by atoms with Crippen LogP contribution in [-0.4, -0.2) is 9.97 Å². The van der Waals surface area contributed by atoms with Gasteiger partial charge in [-0.05, 0) is 12.5 Å². The highest BCUT2D eigenvalue weighted by Gasteiger charge is 2.35. The van der Waals surface area contributed by atoms with Gasteiger partial charge in [0.25, 0.3) is 0 Å². The molecule has 0 saturated heterocycles. The highest BCUT2D eigenvalue weighted by molar-refractivity contribution is 6.29. The van der Waals surface area contributed by atoms with Gasteiger partial charge >= 0.3 is 6.18 Å². The van der Waals surface area contributed by atoms with Crippen molar-refractivity contribution in [1.82, 2.24) is 9.97 Å². The summed E-state index contributed by atoms with van der Waals surface area (Å²) in [5.41, 5.74) is 0.927. The topological polar surface area (TPSA) is 37.8 Å². The lowest BCUT2D eigenvalue weighted by Gasteiger charge is -2.16. The maximum absolute atomic E-state index is 12.6. The maximum atomic E-state index is 12.6. The van der Waals surface area contributed by atoms with Crippen molar-refractivity contribution in [3.8, 4) is 0 Å². The van der Waals surface area contributed by atoms with Crippen molar-refractivity contribution in [2.45, 2.75) is 19.1 Å². The predicted molar refractivity (Wildman–Crippen MR) is 70.5 cm³/mol. The number of benzene rings is 1. The zero-order valence-corrected chi connectivity index (χ0v) is 11.2. The number of aromatic nitrogens is 2. The van der Waals surface area contributed by atoms with Crippen molar-refractivity contribution in [3.63, 3.8) is 0 Å². The number of halogens is 4. The summed E-state index contributed by atoms with van der Waals surface area (Å²) in [6, 6.07) is 10.3. The smallest absolute Gasteiger partial charge is 0.363 e. The summed E-state index contributed by atoms with van der Waals surface area (Å²) in [6.07, 6.45) is -4.63. The summed E-state index contributed by atoms with van der Waals surface area (Å²) in [7, 11) is 0. The molecule has 7 heteroatoms. The molecule has 0 radical (unpaired) electrons. The Hall–Kier alpha value is -1.82. The van der Waals surface area contributed by atoms with Gasteiger partial charge in [-0.1, -0.05) is 41.9 Å². The molecule has 20 heavy (non-hydrogen) atoms. The Morgan fingerprint density at radius 3 is 2.40 bits per heavy atom. The normalized spacial score (nSPS) is 13.1. The van der Waals surface area contributed by atoms with Crippen LogP contribution < -0.4 is 5.32 Å². The molecule has 0 aliphatic carbocycles. The van der Waals surface area contributed by atoms with Crippen molar-refractivity contribution in [1.29, 1.82) is 0 Å². The molecule has 1 aromatic heterocycles. The van der Waals surface area contributed by atoms with Gasteiger partial charge in [0.05, 0.1) is 0 Å². The van der Waals surface area contributed by atoms with E-state index >= 15 is 0 Å². The lowest BCUT2D eigenvalue weighted by molar-refractivity contribution is -0.144. The number of nitrogens with zero attached hydrogens (tertiary/aromatic N) is 2. The van der Waals surface area contributed by atoms with Crippen LogP contribution in [0.4, 0.5) is 19.0 Å². The van der Waals surface area contributed by atoms with E-state index in [1.807, 2.05) is 37.3 Å². The fourth-order valence-electron chi connectivity index (χ4n) is 1.67. The molecule has 1 aromatic carbocycles. The number of alkyl halides is 3. The minimum absolute atomic E-state index is 0.0358. The lowest BCUT2D eigenvalue weighted by atomic mass is 10.1. The summed E-state index contributed by atoms with van der Waals surface area (Å²) < 4.78 is 37.8. The summed E-state index contributed by atoms with van der Waals surface area (Å²) in [5.74, 6) is -1.22. The lowest BCUT2D eigenvalue weighted by Crippen LogP contribution is -2.14. The molecule has 0 fully saturated rings. The molecule has 1 heterocycles. The largest absolute Gasteiger partial charge is 0.451 e. The van der Waals surface area contributed by atoms with Gasteiger partial charge in [-0.15, -0.1) is 0 Å². The van der Waals surface area contributed by atoms with Gasteiger partial charge < -0.3 is 5.32 Å². The molecule has 1 unspecified atom stereocenters. The van der Waals surface area contributed by atoms with Gasteiger partial charge in [0.2, 0.25) is 5.82 Å². The Balaban J connectivity index is 2.24. The number of hydrogen-bond donors (Lipinski definition) is 1. The van der Waals surface area contributed by atoms with Crippen LogP contribution in [0.3, 0.4) is 0 Å². The van der Waals surface area contributed by atoms with E-state index in [1.165, 1.54) is 6.07 Å². The third kappa shape index (κ3) is 3.60. The van der Waals surface area contributed by atoms with Crippen molar-refractivity contribution in [3.05, 3.63) is 52.9 Å². The highest BCUT2D eigenvalue weighted by atomic mass is 35.5. The van der Waals surface area contributed by atoms with Gasteiger partial charge in [-0.25, -0.2) is 9.97 Å². The van der Waals surface area contributed by atoms with E-state index in [9.17, 15) is 13.2 Å². The Morgan fingerprint density at radius 1 is 1.15 bits per heavy atom. The minimum Gasteiger partial charge on any atom is -0.363 e. The zero-order chi connectivity index (χ0) is 14.8. The van der Waals surface area contributed by atoms with Crippen molar-refractivity contribution in [2.24, 2.45) is 0 Å². The van der Waals surface area contributed by atoms with E-state index in [-0.39, 0.29) is 17.0 Å². The second-order valence-electron chi connectivity index (χ2n) is 4.17. The molecule has 0 amide bonds. The Morgan fingerprint density at radius 2 is 1.80 bits per heavy atom. The van der Waals surface area contributed by atoms with Crippen LogP contribution in [0, 0.1) is 0 Å². The van der Waals surface area contributed by atoms with Crippen LogP contribution in [0.1, 0.15) is 24.4 Å². The van der Waals surface area contributed by atoms with Gasteiger partial charge in [0, 0.05) is 12.1 Å². The molecule has 0 spiro atoms. The van der Waals surface area contributed by atoms with Crippen LogP contribution >= 0.6 is 11.6 Å². The van der Waals surface area contributed by atoms with E-state index in [4.69, 9.17) is 11.6 Å². The molecule has 0 saturated carbocycles. The fourth-order valence-corrected chi connectivity index (χ4v) is 1.85. The summed E-state index contributed by atoms with van der Waals surface area (Å²) in [4.78, 5) is 6.61. The average Bonchev–Trinajstić information content (AvgIpc) is 2.38. The first kappa shape index (κ1) is 14.6. The fraction of sp³-hybridized carbons (Fsp3) is 0.231. The SMILES string of the molecule is CC(Nc1cc(Cl)nc(C(F)(F)F)n1)c1ccccc1. The van der Waals surface area contributed by atoms with Crippen molar-refractivity contribution >= 4 is 17.4 Å². The molecular formula is C13H11ClF3N3. The molecule has 2 rings (SSSR count). The average molecular weight is 302 g/mol. The third-order valence-corrected chi connectivity index (χ3v) is 2.81. The monoisotopic (exact) mass is 301 g/mol. The van der Waals surface area contributed by atoms with E-state index in [0.717, 1.165) is 5.56 Å². The molecule has 106 valence electrons. The summed E-state index contributed by atoms with van der Waals surface area (Å²) in [5, 5.41) is 2.62. The van der Waals surface area contributed by atoms with Gasteiger partial charge in [0.15, 0.2) is 0 Å². The van der Waals surface area contributed by atoms with Gasteiger partial charge in [0.1, 0.15) is 11.0 Å². The quantitative estimate of drug-likeness (QED) is 0.858. The third-order valence-electron chi connectivity index (χ3n) is 2.61. The Labute approximate surface area is 118 Å². The first-order chi connectivity index (χ1) is 9.36. The highest BCUT2D eigenvalue weighted by Crippen LogP contribution is 2.29. The first-order valence-corrected chi connectivity index (χ1v) is 6.17. The molecular weight excluding hydrogens is 291 g/mol.